The van der Waals surface area contributed by atoms with Gasteiger partial charge in [-0.25, -0.2) is 9.38 Å². The van der Waals surface area contributed by atoms with Gasteiger partial charge in [0.05, 0.1) is 40.4 Å². The largest absolute Gasteiger partial charge is 0.493 e. The number of hydrogen-bond donors (Lipinski definition) is 0. The van der Waals surface area contributed by atoms with Crippen LogP contribution in [0.3, 0.4) is 0 Å². The molecule has 0 saturated heterocycles. The van der Waals surface area contributed by atoms with Gasteiger partial charge in [0.1, 0.15) is 5.75 Å². The van der Waals surface area contributed by atoms with Crippen molar-refractivity contribution < 1.29 is 14.2 Å². The van der Waals surface area contributed by atoms with Crippen molar-refractivity contribution in [3.63, 3.8) is 0 Å². The Balaban J connectivity index is 1.33. The van der Waals surface area contributed by atoms with Gasteiger partial charge in [-0.05, 0) is 76.5 Å². The van der Waals surface area contributed by atoms with Gasteiger partial charge >= 0.3 is 0 Å². The Labute approximate surface area is 214 Å². The summed E-state index contributed by atoms with van der Waals surface area (Å²) in [6.07, 6.45) is 2.57. The second kappa shape index (κ2) is 10.1. The first-order valence-corrected chi connectivity index (χ1v) is 12.8. The molecule has 0 radical (unpaired) electrons. The number of halogens is 1. The highest BCUT2D eigenvalue weighted by Gasteiger charge is 2.13. The minimum atomic E-state index is -0.0808. The van der Waals surface area contributed by atoms with Gasteiger partial charge in [-0.15, -0.1) is 0 Å². The van der Waals surface area contributed by atoms with Crippen LogP contribution in [0.5, 0.6) is 17.2 Å². The van der Waals surface area contributed by atoms with Gasteiger partial charge in [0.15, 0.2) is 16.5 Å². The smallest absolute Gasteiger partial charge is 0.274 e. The van der Waals surface area contributed by atoms with Gasteiger partial charge in [-0.2, -0.15) is 0 Å². The summed E-state index contributed by atoms with van der Waals surface area (Å²) in [5.74, 6) is 2.06. The molecule has 0 aliphatic carbocycles. The molecule has 2 aromatic heterocycles. The molecule has 0 aliphatic rings. The van der Waals surface area contributed by atoms with Crippen LogP contribution in [0.15, 0.2) is 69.9 Å². The van der Waals surface area contributed by atoms with Crippen molar-refractivity contribution in [1.82, 2.24) is 9.38 Å². The number of aromatic nitrogens is 2. The van der Waals surface area contributed by atoms with Gasteiger partial charge in [-0.3, -0.25) is 4.79 Å². The number of fused-ring (bicyclic) bond motifs is 3. The standard InChI is InChI=1S/C27H23BrN2O4S/c1-17-7-5-8-19(13-17)33-11-6-12-34-25-20(28)14-18(15-23(25)32-2)16-24-26(31)30-22-10-4-3-9-21(22)29-27(30)35-24/h3-5,7-10,13-16H,6,11-12H2,1-2H3. The van der Waals surface area contributed by atoms with Crippen molar-refractivity contribution in [2.45, 2.75) is 13.3 Å². The molecule has 35 heavy (non-hydrogen) atoms. The Morgan fingerprint density at radius 3 is 2.71 bits per heavy atom. The molecule has 0 unspecified atom stereocenters. The van der Waals surface area contributed by atoms with E-state index < -0.39 is 0 Å². The van der Waals surface area contributed by atoms with Gasteiger partial charge in [0.25, 0.3) is 5.56 Å². The van der Waals surface area contributed by atoms with Gasteiger partial charge < -0.3 is 14.2 Å². The van der Waals surface area contributed by atoms with E-state index in [4.69, 9.17) is 14.2 Å². The lowest BCUT2D eigenvalue weighted by Gasteiger charge is -2.14. The van der Waals surface area contributed by atoms with Crippen LogP contribution in [0.1, 0.15) is 17.5 Å². The quantitative estimate of drug-likeness (QED) is 0.242. The molecule has 0 amide bonds. The van der Waals surface area contributed by atoms with Crippen molar-refractivity contribution in [3.05, 3.63) is 91.1 Å². The molecule has 8 heteroatoms. The molecule has 0 fully saturated rings. The topological polar surface area (TPSA) is 62.1 Å². The van der Waals surface area contributed by atoms with Crippen LogP contribution >= 0.6 is 27.3 Å². The fourth-order valence-corrected chi connectivity index (χ4v) is 5.42. The number of methoxy groups -OCH3 is 1. The van der Waals surface area contributed by atoms with Crippen LogP contribution in [0.4, 0.5) is 0 Å². The van der Waals surface area contributed by atoms with Crippen molar-refractivity contribution in [2.75, 3.05) is 20.3 Å². The Morgan fingerprint density at radius 2 is 1.89 bits per heavy atom. The van der Waals surface area contributed by atoms with Crippen molar-refractivity contribution >= 4 is 49.3 Å². The van der Waals surface area contributed by atoms with Crippen LogP contribution in [0, 0.1) is 6.92 Å². The molecule has 0 saturated carbocycles. The third-order valence-electron chi connectivity index (χ3n) is 5.49. The monoisotopic (exact) mass is 550 g/mol. The summed E-state index contributed by atoms with van der Waals surface area (Å²) >= 11 is 4.96. The van der Waals surface area contributed by atoms with Crippen LogP contribution in [0.25, 0.3) is 22.1 Å². The summed E-state index contributed by atoms with van der Waals surface area (Å²) in [7, 11) is 1.60. The van der Waals surface area contributed by atoms with E-state index in [1.54, 1.807) is 11.5 Å². The number of imidazole rings is 1. The van der Waals surface area contributed by atoms with Crippen LogP contribution in [-0.4, -0.2) is 29.7 Å². The SMILES string of the molecule is COc1cc(C=c2sc3nc4ccccc4n3c2=O)cc(Br)c1OCCCOc1cccc(C)c1. The zero-order chi connectivity index (χ0) is 24.4. The molecule has 3 aromatic carbocycles. The van der Waals surface area contributed by atoms with Gasteiger partial charge in [0, 0.05) is 6.42 Å². The highest BCUT2D eigenvalue weighted by atomic mass is 79.9. The number of para-hydroxylation sites is 2. The fraction of sp³-hybridized carbons (Fsp3) is 0.185. The van der Waals surface area contributed by atoms with Crippen molar-refractivity contribution in [2.24, 2.45) is 0 Å². The Morgan fingerprint density at radius 1 is 1.06 bits per heavy atom. The number of aryl methyl sites for hydroxylation is 1. The van der Waals surface area contributed by atoms with E-state index in [2.05, 4.69) is 20.9 Å². The van der Waals surface area contributed by atoms with Crippen LogP contribution in [0.2, 0.25) is 0 Å². The molecule has 5 aromatic rings. The summed E-state index contributed by atoms with van der Waals surface area (Å²) < 4.78 is 20.4. The third kappa shape index (κ3) is 4.90. The predicted octanol–water partition coefficient (Wildman–Crippen LogP) is 5.38. The maximum atomic E-state index is 13.1. The van der Waals surface area contributed by atoms with E-state index in [1.807, 2.05) is 73.7 Å². The summed E-state index contributed by atoms with van der Waals surface area (Å²) in [4.78, 5) is 18.3. The summed E-state index contributed by atoms with van der Waals surface area (Å²) in [6.45, 7) is 3.07. The Hall–Kier alpha value is -3.36. The second-order valence-corrected chi connectivity index (χ2v) is 9.90. The summed E-state index contributed by atoms with van der Waals surface area (Å²) in [5.41, 5.74) is 3.55. The Kier molecular flexibility index (Phi) is 6.74. The van der Waals surface area contributed by atoms with E-state index in [0.29, 0.717) is 34.2 Å². The molecule has 0 spiro atoms. The zero-order valence-corrected chi connectivity index (χ0v) is 21.7. The highest BCUT2D eigenvalue weighted by molar-refractivity contribution is 9.10. The minimum Gasteiger partial charge on any atom is -0.493 e. The molecule has 0 bridgehead atoms. The van der Waals surface area contributed by atoms with Crippen molar-refractivity contribution in [3.8, 4) is 17.2 Å². The molecule has 0 atom stereocenters. The van der Waals surface area contributed by atoms with Crippen molar-refractivity contribution in [1.29, 1.82) is 0 Å². The van der Waals surface area contributed by atoms with E-state index in [1.165, 1.54) is 16.9 Å². The molecule has 2 heterocycles. The summed E-state index contributed by atoms with van der Waals surface area (Å²) in [6, 6.07) is 19.4. The number of thiazole rings is 1. The third-order valence-corrected chi connectivity index (χ3v) is 7.05. The van der Waals surface area contributed by atoms with E-state index >= 15 is 0 Å². The van der Waals surface area contributed by atoms with E-state index in [0.717, 1.165) is 33.2 Å². The number of benzene rings is 3. The number of rotatable bonds is 8. The van der Waals surface area contributed by atoms with Crippen LogP contribution in [-0.2, 0) is 0 Å². The first kappa shape index (κ1) is 23.4. The number of ether oxygens (including phenoxy) is 3. The molecular formula is C27H23BrN2O4S. The molecule has 6 nitrogen and oxygen atoms in total. The Bertz CT molecular complexity index is 1630. The fourth-order valence-electron chi connectivity index (χ4n) is 3.85. The second-order valence-electron chi connectivity index (χ2n) is 8.04. The molecule has 5 rings (SSSR count). The maximum Gasteiger partial charge on any atom is 0.274 e. The van der Waals surface area contributed by atoms with Crippen LogP contribution < -0.4 is 24.3 Å². The normalized spacial score (nSPS) is 11.9. The minimum absolute atomic E-state index is 0.0808. The lowest BCUT2D eigenvalue weighted by atomic mass is 10.2. The number of nitrogens with zero attached hydrogens (tertiary/aromatic N) is 2. The lowest BCUT2D eigenvalue weighted by Crippen LogP contribution is -2.22. The van der Waals surface area contributed by atoms with E-state index in [9.17, 15) is 4.79 Å². The highest BCUT2D eigenvalue weighted by Crippen LogP contribution is 2.37. The van der Waals surface area contributed by atoms with Gasteiger partial charge in [0.2, 0.25) is 0 Å². The predicted molar refractivity (Wildman–Crippen MR) is 143 cm³/mol. The molecule has 0 aliphatic heterocycles. The lowest BCUT2D eigenvalue weighted by molar-refractivity contribution is 0.239. The molecule has 178 valence electrons. The van der Waals surface area contributed by atoms with E-state index in [-0.39, 0.29) is 5.56 Å². The number of hydrogen-bond acceptors (Lipinski definition) is 6. The first-order chi connectivity index (χ1) is 17.0. The zero-order valence-electron chi connectivity index (χ0n) is 19.3. The van der Waals surface area contributed by atoms with Gasteiger partial charge in [-0.1, -0.05) is 35.6 Å². The summed E-state index contributed by atoms with van der Waals surface area (Å²) in [5, 5.41) is 0. The average Bonchev–Trinajstić information content (AvgIpc) is 3.35. The maximum absolute atomic E-state index is 13.1. The first-order valence-electron chi connectivity index (χ1n) is 11.1. The molecular weight excluding hydrogens is 528 g/mol. The average molecular weight is 551 g/mol. The molecule has 0 N–H and O–H groups in total.